The van der Waals surface area contributed by atoms with Crippen LogP contribution in [-0.4, -0.2) is 16.6 Å². The standard InChI is InChI=1S/C3H5NO2S2/c1-2(8-7)4-3(5)6/h2,4H,1H2,(H,5,6). The largest absolute Gasteiger partial charge is 0.465 e. The molecule has 0 aliphatic heterocycles. The highest BCUT2D eigenvalue weighted by Crippen LogP contribution is 2.09. The molecule has 0 aliphatic carbocycles. The maximum Gasteiger partial charge on any atom is 0.405 e. The minimum absolute atomic E-state index is 0.442. The van der Waals surface area contributed by atoms with Gasteiger partial charge in [0.25, 0.3) is 0 Å². The van der Waals surface area contributed by atoms with Crippen LogP contribution in [0.1, 0.15) is 0 Å². The van der Waals surface area contributed by atoms with Crippen LogP contribution in [0.15, 0.2) is 0 Å². The summed E-state index contributed by atoms with van der Waals surface area (Å²) in [5.41, 5.74) is 0. The van der Waals surface area contributed by atoms with Gasteiger partial charge in [0.15, 0.2) is 0 Å². The van der Waals surface area contributed by atoms with E-state index in [-0.39, 0.29) is 0 Å². The molecule has 0 aromatic rings. The van der Waals surface area contributed by atoms with Crippen LogP contribution in [0, 0.1) is 6.92 Å². The Bertz CT molecular complexity index is 87.4. The fraction of sp³-hybridized carbons (Fsp3) is 0.333. The molecule has 0 bridgehead atoms. The number of hydrogen-bond donors (Lipinski definition) is 2. The van der Waals surface area contributed by atoms with E-state index in [4.69, 9.17) is 5.11 Å². The molecule has 3 nitrogen and oxygen atoms in total. The van der Waals surface area contributed by atoms with Gasteiger partial charge < -0.3 is 10.4 Å². The van der Waals surface area contributed by atoms with Crippen molar-refractivity contribution >= 4 is 28.5 Å². The zero-order valence-corrected chi connectivity index (χ0v) is 5.59. The van der Waals surface area contributed by atoms with Gasteiger partial charge >= 0.3 is 6.09 Å². The molecule has 0 rings (SSSR count). The average molecular weight is 151 g/mol. The summed E-state index contributed by atoms with van der Waals surface area (Å²) in [5, 5.41) is 9.62. The van der Waals surface area contributed by atoms with Gasteiger partial charge in [-0.1, -0.05) is 10.8 Å². The van der Waals surface area contributed by atoms with Crippen molar-refractivity contribution in [3.8, 4) is 0 Å². The molecule has 0 saturated carbocycles. The number of hydrogen-bond acceptors (Lipinski definition) is 2. The van der Waals surface area contributed by atoms with E-state index in [9.17, 15) is 4.79 Å². The van der Waals surface area contributed by atoms with Gasteiger partial charge in [-0.05, 0) is 18.6 Å². The lowest BCUT2D eigenvalue weighted by molar-refractivity contribution is 0.195. The number of nitrogens with one attached hydrogen (secondary N) is 1. The molecule has 0 aromatic heterocycles. The van der Waals surface area contributed by atoms with Gasteiger partial charge in [0.2, 0.25) is 0 Å². The molecule has 0 heterocycles. The molecule has 2 radical (unpaired) electrons. The second-order valence-corrected chi connectivity index (χ2v) is 2.37. The summed E-state index contributed by atoms with van der Waals surface area (Å²) < 4.78 is 0. The molecule has 0 saturated heterocycles. The molecule has 0 aliphatic rings. The van der Waals surface area contributed by atoms with Gasteiger partial charge in [-0.25, -0.2) is 4.79 Å². The molecular formula is C3H5NO2S2. The van der Waals surface area contributed by atoms with Crippen LogP contribution in [0.3, 0.4) is 0 Å². The molecule has 1 amide bonds. The summed E-state index contributed by atoms with van der Waals surface area (Å²) in [6, 6.07) is 0. The molecule has 5 heteroatoms. The topological polar surface area (TPSA) is 49.3 Å². The molecule has 1 atom stereocenters. The summed E-state index contributed by atoms with van der Waals surface area (Å²) >= 11 is 4.42. The van der Waals surface area contributed by atoms with Gasteiger partial charge in [0.05, 0.1) is 5.37 Å². The number of carboxylic acid groups (broad SMARTS) is 1. The maximum absolute atomic E-state index is 9.76. The van der Waals surface area contributed by atoms with Crippen LogP contribution in [0.5, 0.6) is 0 Å². The SMILES string of the molecule is [CH2]C(NC(=O)O)S[S]. The lowest BCUT2D eigenvalue weighted by Crippen LogP contribution is -2.27. The van der Waals surface area contributed by atoms with Gasteiger partial charge in [-0.3, -0.25) is 0 Å². The van der Waals surface area contributed by atoms with Crippen molar-refractivity contribution in [3.05, 3.63) is 6.92 Å². The molecule has 0 spiro atoms. The minimum Gasteiger partial charge on any atom is -0.465 e. The third-order valence-corrected chi connectivity index (χ3v) is 1.45. The van der Waals surface area contributed by atoms with Gasteiger partial charge in [0.1, 0.15) is 0 Å². The Morgan fingerprint density at radius 2 is 2.50 bits per heavy atom. The second-order valence-electron chi connectivity index (χ2n) is 1.03. The van der Waals surface area contributed by atoms with E-state index in [2.05, 4.69) is 23.9 Å². The summed E-state index contributed by atoms with van der Waals surface area (Å²) in [5.74, 6) is 0. The van der Waals surface area contributed by atoms with Crippen LogP contribution in [-0.2, 0) is 0 Å². The molecule has 2 N–H and O–H groups in total. The van der Waals surface area contributed by atoms with Crippen molar-refractivity contribution in [2.45, 2.75) is 5.37 Å². The van der Waals surface area contributed by atoms with Crippen LogP contribution in [0.25, 0.3) is 0 Å². The maximum atomic E-state index is 9.76. The average Bonchev–Trinajstić information content (AvgIpc) is 1.65. The first-order valence-electron chi connectivity index (χ1n) is 1.78. The van der Waals surface area contributed by atoms with Crippen molar-refractivity contribution in [2.24, 2.45) is 0 Å². The fourth-order valence-corrected chi connectivity index (χ4v) is 0.455. The molecule has 46 valence electrons. The van der Waals surface area contributed by atoms with Crippen LogP contribution < -0.4 is 5.32 Å². The van der Waals surface area contributed by atoms with E-state index in [0.717, 1.165) is 10.8 Å². The zero-order valence-electron chi connectivity index (χ0n) is 3.96. The van der Waals surface area contributed by atoms with E-state index < -0.39 is 11.5 Å². The van der Waals surface area contributed by atoms with Gasteiger partial charge in [0, 0.05) is 0 Å². The van der Waals surface area contributed by atoms with Crippen LogP contribution in [0.2, 0.25) is 0 Å². The smallest absolute Gasteiger partial charge is 0.405 e. The van der Waals surface area contributed by atoms with Crippen molar-refractivity contribution in [3.63, 3.8) is 0 Å². The first-order valence-corrected chi connectivity index (χ1v) is 3.58. The van der Waals surface area contributed by atoms with Crippen LogP contribution in [0.4, 0.5) is 4.79 Å². The minimum atomic E-state index is -1.10. The molecule has 0 fully saturated rings. The van der Waals surface area contributed by atoms with Gasteiger partial charge in [-0.2, -0.15) is 0 Å². The highest BCUT2D eigenvalue weighted by molar-refractivity contribution is 8.68. The summed E-state index contributed by atoms with van der Waals surface area (Å²) in [6.07, 6.45) is -1.10. The third kappa shape index (κ3) is 4.14. The van der Waals surface area contributed by atoms with E-state index in [1.165, 1.54) is 0 Å². The van der Waals surface area contributed by atoms with Crippen LogP contribution >= 0.6 is 22.5 Å². The zero-order chi connectivity index (χ0) is 6.57. The number of amides is 1. The Morgan fingerprint density at radius 3 is 2.62 bits per heavy atom. The second kappa shape index (κ2) is 3.91. The summed E-state index contributed by atoms with van der Waals surface area (Å²) in [4.78, 5) is 9.76. The highest BCUT2D eigenvalue weighted by Gasteiger charge is 2.01. The lowest BCUT2D eigenvalue weighted by Gasteiger charge is -2.03. The van der Waals surface area contributed by atoms with E-state index in [0.29, 0.717) is 0 Å². The monoisotopic (exact) mass is 151 g/mol. The number of rotatable bonds is 2. The Kier molecular flexibility index (Phi) is 3.90. The Labute approximate surface area is 56.7 Å². The molecule has 1 unspecified atom stereocenters. The van der Waals surface area contributed by atoms with E-state index in [1.807, 2.05) is 0 Å². The molecule has 8 heavy (non-hydrogen) atoms. The first-order chi connectivity index (χ1) is 3.66. The van der Waals surface area contributed by atoms with E-state index >= 15 is 0 Å². The first kappa shape index (κ1) is 7.97. The Balaban J connectivity index is 3.24. The predicted octanol–water partition coefficient (Wildman–Crippen LogP) is 1.26. The fourth-order valence-electron chi connectivity index (χ4n) is 0.162. The van der Waals surface area contributed by atoms with Crippen molar-refractivity contribution in [2.75, 3.05) is 0 Å². The van der Waals surface area contributed by atoms with Gasteiger partial charge in [-0.15, -0.1) is 0 Å². The van der Waals surface area contributed by atoms with Crippen molar-refractivity contribution in [1.29, 1.82) is 0 Å². The predicted molar refractivity (Wildman–Crippen MR) is 35.5 cm³/mol. The Hall–Kier alpha value is -0.0300. The van der Waals surface area contributed by atoms with Crippen molar-refractivity contribution < 1.29 is 9.90 Å². The molecular weight excluding hydrogens is 146 g/mol. The lowest BCUT2D eigenvalue weighted by atomic mass is 10.7. The van der Waals surface area contributed by atoms with Crippen molar-refractivity contribution in [1.82, 2.24) is 5.32 Å². The number of carbonyl (C=O) groups is 1. The normalized spacial score (nSPS) is 12.8. The highest BCUT2D eigenvalue weighted by atomic mass is 33.1. The quantitative estimate of drug-likeness (QED) is 0.461. The Morgan fingerprint density at radius 1 is 2.00 bits per heavy atom. The summed E-state index contributed by atoms with van der Waals surface area (Å²) in [6.45, 7) is 3.36. The molecule has 0 aromatic carbocycles. The van der Waals surface area contributed by atoms with E-state index in [1.54, 1.807) is 0 Å². The third-order valence-electron chi connectivity index (χ3n) is 0.401. The summed E-state index contributed by atoms with van der Waals surface area (Å²) in [7, 11) is 0.933.